The van der Waals surface area contributed by atoms with Crippen LogP contribution in [-0.2, 0) is 17.8 Å². The van der Waals surface area contributed by atoms with Crippen molar-refractivity contribution in [1.29, 1.82) is 0 Å². The number of nitrogens with one attached hydrogen (secondary N) is 1. The highest BCUT2D eigenvalue weighted by molar-refractivity contribution is 5.20. The van der Waals surface area contributed by atoms with Crippen LogP contribution in [-0.4, -0.2) is 24.8 Å². The Kier molecular flexibility index (Phi) is 6.46. The molecule has 1 rings (SSSR count). The van der Waals surface area contributed by atoms with Gasteiger partial charge < -0.3 is 14.6 Å². The molecule has 1 N–H and O–H groups in total. The van der Waals surface area contributed by atoms with Crippen LogP contribution in [0, 0.1) is 19.3 Å². The van der Waals surface area contributed by atoms with Gasteiger partial charge in [-0.2, -0.15) is 0 Å². The van der Waals surface area contributed by atoms with E-state index in [0.29, 0.717) is 0 Å². The first-order chi connectivity index (χ1) is 8.29. The molecule has 3 heteroatoms. The molecule has 0 aromatic carbocycles. The second-order valence-electron chi connectivity index (χ2n) is 4.10. The summed E-state index contributed by atoms with van der Waals surface area (Å²) in [4.78, 5) is 0. The fourth-order valence-electron chi connectivity index (χ4n) is 1.77. The van der Waals surface area contributed by atoms with Crippen molar-refractivity contribution in [2.45, 2.75) is 32.9 Å². The molecule has 0 aliphatic heterocycles. The van der Waals surface area contributed by atoms with Crippen LogP contribution in [0.25, 0.3) is 0 Å². The first-order valence-electron chi connectivity index (χ1n) is 6.07. The number of aryl methyl sites for hydroxylation is 1. The Labute approximate surface area is 104 Å². The van der Waals surface area contributed by atoms with Crippen LogP contribution >= 0.6 is 0 Å². The SMILES string of the molecule is C#CCCCn1ccc(CNCCOC)c1C. The number of methoxy groups -OCH3 is 1. The summed E-state index contributed by atoms with van der Waals surface area (Å²) in [6, 6.07) is 2.17. The summed E-state index contributed by atoms with van der Waals surface area (Å²) in [6.45, 7) is 5.70. The van der Waals surface area contributed by atoms with Gasteiger partial charge in [-0.1, -0.05) is 0 Å². The molecule has 0 saturated heterocycles. The molecule has 0 unspecified atom stereocenters. The van der Waals surface area contributed by atoms with Gasteiger partial charge in [0.2, 0.25) is 0 Å². The maximum absolute atomic E-state index is 5.25. The summed E-state index contributed by atoms with van der Waals surface area (Å²) < 4.78 is 7.26. The summed E-state index contributed by atoms with van der Waals surface area (Å²) in [5.41, 5.74) is 2.67. The number of rotatable bonds is 8. The van der Waals surface area contributed by atoms with E-state index in [1.807, 2.05) is 0 Å². The van der Waals surface area contributed by atoms with Gasteiger partial charge in [-0.15, -0.1) is 12.3 Å². The largest absolute Gasteiger partial charge is 0.383 e. The lowest BCUT2D eigenvalue weighted by molar-refractivity contribution is 0.199. The third-order valence-corrected chi connectivity index (χ3v) is 2.87. The summed E-state index contributed by atoms with van der Waals surface area (Å²) in [6.07, 6.45) is 9.28. The fourth-order valence-corrected chi connectivity index (χ4v) is 1.77. The molecule has 1 aromatic rings. The van der Waals surface area contributed by atoms with Gasteiger partial charge in [0.1, 0.15) is 0 Å². The third kappa shape index (κ3) is 4.64. The van der Waals surface area contributed by atoms with Crippen LogP contribution in [0.4, 0.5) is 0 Å². The van der Waals surface area contributed by atoms with Crippen molar-refractivity contribution < 1.29 is 4.74 Å². The quantitative estimate of drug-likeness (QED) is 0.549. The number of unbranched alkanes of at least 4 members (excludes halogenated alkanes) is 1. The zero-order valence-corrected chi connectivity index (χ0v) is 10.8. The molecule has 0 aliphatic carbocycles. The lowest BCUT2D eigenvalue weighted by Crippen LogP contribution is -2.18. The number of ether oxygens (including phenoxy) is 1. The normalized spacial score (nSPS) is 10.4. The van der Waals surface area contributed by atoms with Gasteiger partial charge in [0.05, 0.1) is 6.61 Å². The van der Waals surface area contributed by atoms with Crippen LogP contribution in [0.3, 0.4) is 0 Å². The van der Waals surface area contributed by atoms with Crippen molar-refractivity contribution in [3.05, 3.63) is 23.5 Å². The Morgan fingerprint density at radius 2 is 2.35 bits per heavy atom. The maximum Gasteiger partial charge on any atom is 0.0587 e. The van der Waals surface area contributed by atoms with Gasteiger partial charge in [0, 0.05) is 45.1 Å². The molecule has 0 spiro atoms. The number of terminal acetylenes is 1. The van der Waals surface area contributed by atoms with Crippen LogP contribution < -0.4 is 5.32 Å². The Morgan fingerprint density at radius 1 is 1.53 bits per heavy atom. The van der Waals surface area contributed by atoms with Gasteiger partial charge in [0.15, 0.2) is 0 Å². The maximum atomic E-state index is 5.25. The Morgan fingerprint density at radius 3 is 3.06 bits per heavy atom. The summed E-state index contributed by atoms with van der Waals surface area (Å²) in [7, 11) is 1.72. The molecule has 17 heavy (non-hydrogen) atoms. The number of hydrogen-bond donors (Lipinski definition) is 1. The second kappa shape index (κ2) is 7.94. The molecule has 0 amide bonds. The summed E-state index contributed by atoms with van der Waals surface area (Å²) in [5.74, 6) is 2.67. The molecule has 0 saturated carbocycles. The molecule has 0 fully saturated rings. The zero-order chi connectivity index (χ0) is 12.5. The van der Waals surface area contributed by atoms with Crippen molar-refractivity contribution in [1.82, 2.24) is 9.88 Å². The van der Waals surface area contributed by atoms with Crippen molar-refractivity contribution in [2.75, 3.05) is 20.3 Å². The van der Waals surface area contributed by atoms with Gasteiger partial charge in [-0.3, -0.25) is 0 Å². The van der Waals surface area contributed by atoms with E-state index in [-0.39, 0.29) is 0 Å². The average Bonchev–Trinajstić information content (AvgIpc) is 2.67. The monoisotopic (exact) mass is 234 g/mol. The molecule has 94 valence electrons. The molecular formula is C14H22N2O. The second-order valence-corrected chi connectivity index (χ2v) is 4.10. The molecule has 1 aromatic heterocycles. The van der Waals surface area contributed by atoms with E-state index >= 15 is 0 Å². The molecule has 0 bridgehead atoms. The number of nitrogens with zero attached hydrogens (tertiary/aromatic N) is 1. The minimum atomic E-state index is 0.752. The molecule has 3 nitrogen and oxygen atoms in total. The van der Waals surface area contributed by atoms with Crippen molar-refractivity contribution >= 4 is 0 Å². The first kappa shape index (κ1) is 13.8. The molecule has 0 atom stereocenters. The van der Waals surface area contributed by atoms with E-state index in [4.69, 9.17) is 11.2 Å². The minimum absolute atomic E-state index is 0.752. The van der Waals surface area contributed by atoms with Crippen LogP contribution in [0.1, 0.15) is 24.1 Å². The predicted molar refractivity (Wildman–Crippen MR) is 70.8 cm³/mol. The molecule has 0 aliphatic rings. The van der Waals surface area contributed by atoms with Crippen molar-refractivity contribution in [3.63, 3.8) is 0 Å². The molecule has 1 heterocycles. The van der Waals surface area contributed by atoms with Crippen molar-refractivity contribution in [2.24, 2.45) is 0 Å². The van der Waals surface area contributed by atoms with Gasteiger partial charge in [-0.05, 0) is 25.0 Å². The van der Waals surface area contributed by atoms with E-state index in [0.717, 1.165) is 39.1 Å². The smallest absolute Gasteiger partial charge is 0.0587 e. The zero-order valence-electron chi connectivity index (χ0n) is 10.8. The Bertz CT molecular complexity index is 363. The van der Waals surface area contributed by atoms with E-state index < -0.39 is 0 Å². The van der Waals surface area contributed by atoms with Gasteiger partial charge in [0.25, 0.3) is 0 Å². The van der Waals surface area contributed by atoms with Crippen LogP contribution in [0.2, 0.25) is 0 Å². The highest BCUT2D eigenvalue weighted by Gasteiger charge is 2.03. The number of aromatic nitrogens is 1. The topological polar surface area (TPSA) is 26.2 Å². The fraction of sp³-hybridized carbons (Fsp3) is 0.571. The predicted octanol–water partition coefficient (Wildman–Crippen LogP) is 1.95. The lowest BCUT2D eigenvalue weighted by atomic mass is 10.2. The van der Waals surface area contributed by atoms with Crippen LogP contribution in [0.15, 0.2) is 12.3 Å². The average molecular weight is 234 g/mol. The van der Waals surface area contributed by atoms with E-state index in [2.05, 4.69) is 35.0 Å². The summed E-state index contributed by atoms with van der Waals surface area (Å²) >= 11 is 0. The highest BCUT2D eigenvalue weighted by atomic mass is 16.5. The van der Waals surface area contributed by atoms with Crippen molar-refractivity contribution in [3.8, 4) is 12.3 Å². The third-order valence-electron chi connectivity index (χ3n) is 2.87. The summed E-state index contributed by atoms with van der Waals surface area (Å²) in [5, 5.41) is 3.35. The van der Waals surface area contributed by atoms with Gasteiger partial charge in [-0.25, -0.2) is 0 Å². The molecular weight excluding hydrogens is 212 g/mol. The molecule has 0 radical (unpaired) electrons. The standard InChI is InChI=1S/C14H22N2O/c1-4-5-6-9-16-10-7-14(13(16)2)12-15-8-11-17-3/h1,7,10,15H,5-6,8-9,11-12H2,2-3H3. The van der Waals surface area contributed by atoms with Gasteiger partial charge >= 0.3 is 0 Å². The Hall–Kier alpha value is -1.24. The van der Waals surface area contributed by atoms with E-state index in [1.54, 1.807) is 7.11 Å². The Balaban J connectivity index is 2.38. The van der Waals surface area contributed by atoms with E-state index in [1.165, 1.54) is 11.3 Å². The first-order valence-corrected chi connectivity index (χ1v) is 6.07. The lowest BCUT2D eigenvalue weighted by Gasteiger charge is -2.07. The number of hydrogen-bond acceptors (Lipinski definition) is 2. The minimum Gasteiger partial charge on any atom is -0.383 e. The van der Waals surface area contributed by atoms with E-state index in [9.17, 15) is 0 Å². The highest BCUT2D eigenvalue weighted by Crippen LogP contribution is 2.10. The van der Waals surface area contributed by atoms with Crippen LogP contribution in [0.5, 0.6) is 0 Å².